The van der Waals surface area contributed by atoms with Crippen LogP contribution in [0.25, 0.3) is 0 Å². The third kappa shape index (κ3) is 1.12. The molecule has 82 valence electrons. The van der Waals surface area contributed by atoms with Crippen LogP contribution >= 0.6 is 0 Å². The van der Waals surface area contributed by atoms with E-state index in [1.165, 1.54) is 24.8 Å². The van der Waals surface area contributed by atoms with Gasteiger partial charge in [-0.25, -0.2) is 0 Å². The smallest absolute Gasteiger partial charge is 0.142 e. The van der Waals surface area contributed by atoms with E-state index in [-0.39, 0.29) is 5.41 Å². The molecule has 0 saturated heterocycles. The number of carbonyl (C=O) groups excluding carboxylic acids is 1. The quantitative estimate of drug-likeness (QED) is 0.553. The van der Waals surface area contributed by atoms with Crippen LogP contribution in [0.1, 0.15) is 45.4 Å². The molecule has 1 spiro atoms. The highest BCUT2D eigenvalue weighted by Crippen LogP contribution is 2.60. The van der Waals surface area contributed by atoms with Crippen molar-refractivity contribution in [2.45, 2.75) is 45.4 Å². The first-order valence-corrected chi connectivity index (χ1v) is 6.34. The molecule has 0 unspecified atom stereocenters. The van der Waals surface area contributed by atoms with Crippen molar-refractivity contribution in [3.8, 4) is 0 Å². The molecule has 3 aliphatic carbocycles. The highest BCUT2D eigenvalue weighted by atomic mass is 16.1. The lowest BCUT2D eigenvalue weighted by molar-refractivity contribution is -0.130. The molecule has 1 nitrogen and oxygen atoms in total. The van der Waals surface area contributed by atoms with Crippen molar-refractivity contribution in [2.75, 3.05) is 0 Å². The minimum atomic E-state index is 0.101. The summed E-state index contributed by atoms with van der Waals surface area (Å²) in [7, 11) is 0. The summed E-state index contributed by atoms with van der Waals surface area (Å²) in [5.41, 5.74) is 1.44. The Balaban J connectivity index is 2.05. The third-order valence-corrected chi connectivity index (χ3v) is 5.29. The van der Waals surface area contributed by atoms with E-state index in [1.807, 2.05) is 0 Å². The summed E-state index contributed by atoms with van der Waals surface area (Å²) in [6, 6.07) is 0. The first-order chi connectivity index (χ1) is 7.13. The van der Waals surface area contributed by atoms with Crippen LogP contribution < -0.4 is 0 Å². The van der Waals surface area contributed by atoms with Crippen LogP contribution in [0.3, 0.4) is 0 Å². The van der Waals surface area contributed by atoms with Gasteiger partial charge in [0.1, 0.15) is 5.78 Å². The monoisotopic (exact) mass is 204 g/mol. The van der Waals surface area contributed by atoms with Crippen molar-refractivity contribution >= 4 is 5.78 Å². The van der Waals surface area contributed by atoms with Crippen LogP contribution in [-0.2, 0) is 4.79 Å². The second-order valence-electron chi connectivity index (χ2n) is 6.04. The lowest BCUT2D eigenvalue weighted by Gasteiger charge is -2.31. The molecular weight excluding hydrogens is 184 g/mol. The Hall–Kier alpha value is -0.590. The van der Waals surface area contributed by atoms with Gasteiger partial charge in [0.25, 0.3) is 0 Å². The number of ketones is 1. The fraction of sp³-hybridized carbons (Fsp3) is 0.786. The van der Waals surface area contributed by atoms with Crippen molar-refractivity contribution < 1.29 is 4.79 Å². The molecule has 0 aromatic heterocycles. The number of allylic oxidation sites excluding steroid dienone is 1. The maximum absolute atomic E-state index is 12.5. The SMILES string of the molecule is C=C1C[C@@H]2CC[C@@]3(CC[C@@H](C)[C@@H]3C1)C2=O. The molecule has 15 heavy (non-hydrogen) atoms. The van der Waals surface area contributed by atoms with Crippen molar-refractivity contribution in [2.24, 2.45) is 23.2 Å². The molecule has 3 rings (SSSR count). The molecule has 2 bridgehead atoms. The predicted molar refractivity (Wildman–Crippen MR) is 60.4 cm³/mol. The molecule has 3 fully saturated rings. The zero-order chi connectivity index (χ0) is 10.6. The van der Waals surface area contributed by atoms with E-state index < -0.39 is 0 Å². The van der Waals surface area contributed by atoms with Crippen LogP contribution in [-0.4, -0.2) is 5.78 Å². The summed E-state index contributed by atoms with van der Waals surface area (Å²) in [6.07, 6.45) is 6.87. The second-order valence-corrected chi connectivity index (χ2v) is 6.04. The first-order valence-electron chi connectivity index (χ1n) is 6.34. The summed E-state index contributed by atoms with van der Waals surface area (Å²) >= 11 is 0. The van der Waals surface area contributed by atoms with Crippen LogP contribution in [0.4, 0.5) is 0 Å². The van der Waals surface area contributed by atoms with E-state index in [2.05, 4.69) is 13.5 Å². The van der Waals surface area contributed by atoms with E-state index in [4.69, 9.17) is 0 Å². The number of Topliss-reactive ketones (excluding diaryl/α,β-unsaturated/α-hetero) is 1. The highest BCUT2D eigenvalue weighted by Gasteiger charge is 2.57. The summed E-state index contributed by atoms with van der Waals surface area (Å²) < 4.78 is 0. The summed E-state index contributed by atoms with van der Waals surface area (Å²) in [5, 5.41) is 0. The van der Waals surface area contributed by atoms with Gasteiger partial charge in [0.05, 0.1) is 0 Å². The Morgan fingerprint density at radius 3 is 2.80 bits per heavy atom. The van der Waals surface area contributed by atoms with Gasteiger partial charge in [-0.2, -0.15) is 0 Å². The molecule has 3 aliphatic rings. The standard InChI is InChI=1S/C14H20O/c1-9-7-11-4-6-14(13(11)15)5-3-10(2)12(14)8-9/h10-12H,1,3-8H2,2H3/t10-,11+,12+,14-/m1/s1. The average Bonchev–Trinajstić information content (AvgIpc) is 2.61. The summed E-state index contributed by atoms with van der Waals surface area (Å²) in [6.45, 7) is 6.50. The zero-order valence-electron chi connectivity index (χ0n) is 9.59. The predicted octanol–water partition coefficient (Wildman–Crippen LogP) is 3.35. The zero-order valence-corrected chi connectivity index (χ0v) is 9.59. The fourth-order valence-corrected chi connectivity index (χ4v) is 4.46. The molecule has 0 N–H and O–H groups in total. The lowest BCUT2D eigenvalue weighted by atomic mass is 9.72. The van der Waals surface area contributed by atoms with Gasteiger partial charge in [-0.15, -0.1) is 0 Å². The van der Waals surface area contributed by atoms with Crippen molar-refractivity contribution in [1.29, 1.82) is 0 Å². The Kier molecular flexibility index (Phi) is 1.90. The summed E-state index contributed by atoms with van der Waals surface area (Å²) in [5.74, 6) is 2.32. The van der Waals surface area contributed by atoms with Gasteiger partial charge in [-0.3, -0.25) is 4.79 Å². The molecule has 0 aliphatic heterocycles. The molecule has 3 saturated carbocycles. The third-order valence-electron chi connectivity index (χ3n) is 5.29. The first kappa shape index (κ1) is 9.62. The largest absolute Gasteiger partial charge is 0.299 e. The Morgan fingerprint density at radius 2 is 2.00 bits per heavy atom. The topological polar surface area (TPSA) is 17.1 Å². The Morgan fingerprint density at radius 1 is 1.27 bits per heavy atom. The molecule has 0 aromatic rings. The maximum atomic E-state index is 12.5. The number of rotatable bonds is 0. The van der Waals surface area contributed by atoms with Gasteiger partial charge in [0.15, 0.2) is 0 Å². The van der Waals surface area contributed by atoms with Crippen LogP contribution in [0.15, 0.2) is 12.2 Å². The highest BCUT2D eigenvalue weighted by molar-refractivity contribution is 5.90. The van der Waals surface area contributed by atoms with Gasteiger partial charge in [-0.1, -0.05) is 19.1 Å². The van der Waals surface area contributed by atoms with E-state index >= 15 is 0 Å². The van der Waals surface area contributed by atoms with Gasteiger partial charge >= 0.3 is 0 Å². The lowest BCUT2D eigenvalue weighted by Crippen LogP contribution is -2.32. The fourth-order valence-electron chi connectivity index (χ4n) is 4.46. The molecular formula is C14H20O. The second kappa shape index (κ2) is 2.96. The number of carbonyl (C=O) groups is 1. The molecule has 0 heterocycles. The maximum Gasteiger partial charge on any atom is 0.142 e. The molecule has 1 heteroatoms. The van der Waals surface area contributed by atoms with Crippen LogP contribution in [0, 0.1) is 23.2 Å². The van der Waals surface area contributed by atoms with E-state index in [1.54, 1.807) is 0 Å². The van der Waals surface area contributed by atoms with Crippen molar-refractivity contribution in [3.63, 3.8) is 0 Å². The average molecular weight is 204 g/mol. The Bertz CT molecular complexity index is 326. The van der Waals surface area contributed by atoms with Gasteiger partial charge in [-0.05, 0) is 50.4 Å². The van der Waals surface area contributed by atoms with Gasteiger partial charge in [0, 0.05) is 11.3 Å². The van der Waals surface area contributed by atoms with Crippen LogP contribution in [0.5, 0.6) is 0 Å². The van der Waals surface area contributed by atoms with E-state index in [0.717, 1.165) is 25.2 Å². The minimum absolute atomic E-state index is 0.101. The van der Waals surface area contributed by atoms with Crippen LogP contribution in [0.2, 0.25) is 0 Å². The number of hydrogen-bond acceptors (Lipinski definition) is 1. The normalized spacial score (nSPS) is 49.3. The summed E-state index contributed by atoms with van der Waals surface area (Å²) in [4.78, 5) is 12.5. The molecule has 4 atom stereocenters. The van der Waals surface area contributed by atoms with E-state index in [9.17, 15) is 4.79 Å². The molecule has 0 radical (unpaired) electrons. The molecule has 0 amide bonds. The minimum Gasteiger partial charge on any atom is -0.299 e. The number of fused-ring (bicyclic) bond motifs is 1. The van der Waals surface area contributed by atoms with E-state index in [0.29, 0.717) is 17.6 Å². The van der Waals surface area contributed by atoms with Gasteiger partial charge < -0.3 is 0 Å². The Labute approximate surface area is 91.9 Å². The number of hydrogen-bond donors (Lipinski definition) is 0. The van der Waals surface area contributed by atoms with Crippen molar-refractivity contribution in [3.05, 3.63) is 12.2 Å². The van der Waals surface area contributed by atoms with Crippen molar-refractivity contribution in [1.82, 2.24) is 0 Å². The van der Waals surface area contributed by atoms with Gasteiger partial charge in [0.2, 0.25) is 0 Å². The molecule has 0 aromatic carbocycles.